The number of ether oxygens (including phenoxy) is 2. The molecule has 0 aromatic heterocycles. The van der Waals surface area contributed by atoms with Crippen LogP contribution in [-0.4, -0.2) is 36.7 Å². The van der Waals surface area contributed by atoms with Gasteiger partial charge in [0.05, 0.1) is 24.3 Å². The van der Waals surface area contributed by atoms with E-state index in [2.05, 4.69) is 10.6 Å². The van der Waals surface area contributed by atoms with E-state index >= 15 is 0 Å². The number of amides is 1. The molecule has 194 valence electrons. The summed E-state index contributed by atoms with van der Waals surface area (Å²) in [6.07, 6.45) is 3.08. The molecule has 2 heterocycles. The number of hydrogen-bond donors (Lipinski definition) is 2. The van der Waals surface area contributed by atoms with Gasteiger partial charge in [0.1, 0.15) is 23.3 Å². The summed E-state index contributed by atoms with van der Waals surface area (Å²) in [6.45, 7) is 1.62. The van der Waals surface area contributed by atoms with Gasteiger partial charge in [0.15, 0.2) is 0 Å². The molecule has 6 nitrogen and oxygen atoms in total. The topological polar surface area (TPSA) is 76.7 Å². The predicted octanol–water partition coefficient (Wildman–Crippen LogP) is 5.11. The molecule has 3 unspecified atom stereocenters. The quantitative estimate of drug-likeness (QED) is 0.321. The molecular formula is C30H26F2N2O4. The van der Waals surface area contributed by atoms with Gasteiger partial charge >= 0.3 is 5.97 Å². The van der Waals surface area contributed by atoms with Crippen LogP contribution < -0.4 is 10.6 Å². The van der Waals surface area contributed by atoms with Crippen molar-refractivity contribution in [1.82, 2.24) is 0 Å². The fourth-order valence-electron chi connectivity index (χ4n) is 4.93. The lowest BCUT2D eigenvalue weighted by atomic mass is 9.78. The minimum absolute atomic E-state index is 0.0631. The van der Waals surface area contributed by atoms with Crippen LogP contribution in [0.15, 0.2) is 96.1 Å². The number of rotatable bonds is 8. The van der Waals surface area contributed by atoms with Crippen LogP contribution >= 0.6 is 0 Å². The van der Waals surface area contributed by atoms with Crippen LogP contribution in [0.2, 0.25) is 0 Å². The van der Waals surface area contributed by atoms with E-state index < -0.39 is 35.4 Å². The van der Waals surface area contributed by atoms with Gasteiger partial charge in [-0.3, -0.25) is 4.79 Å². The number of carbonyl (C=O) groups excluding carboxylic acids is 2. The van der Waals surface area contributed by atoms with Crippen LogP contribution in [0, 0.1) is 18.6 Å². The fourth-order valence-corrected chi connectivity index (χ4v) is 4.93. The smallest absolute Gasteiger partial charge is 0.337 e. The molecule has 3 aromatic carbocycles. The second kappa shape index (κ2) is 10.2. The fraction of sp³-hybridized carbons (Fsp3) is 0.200. The van der Waals surface area contributed by atoms with Crippen molar-refractivity contribution in [2.45, 2.75) is 31.1 Å². The maximum atomic E-state index is 14.1. The number of carbonyl (C=O) groups is 2. The molecule has 8 heteroatoms. The summed E-state index contributed by atoms with van der Waals surface area (Å²) in [4.78, 5) is 26.7. The van der Waals surface area contributed by atoms with Gasteiger partial charge in [-0.05, 0) is 66.9 Å². The normalized spacial score (nSPS) is 20.4. The predicted molar refractivity (Wildman–Crippen MR) is 140 cm³/mol. The average molecular weight is 517 g/mol. The first-order chi connectivity index (χ1) is 18.3. The van der Waals surface area contributed by atoms with Gasteiger partial charge in [-0.25, -0.2) is 13.6 Å². The van der Waals surface area contributed by atoms with Crippen LogP contribution in [0.1, 0.15) is 11.1 Å². The molecular weight excluding hydrogens is 490 g/mol. The first-order valence-corrected chi connectivity index (χ1v) is 12.1. The molecule has 0 radical (unpaired) electrons. The highest BCUT2D eigenvalue weighted by Crippen LogP contribution is 2.47. The third-order valence-corrected chi connectivity index (χ3v) is 6.83. The molecule has 0 aliphatic carbocycles. The molecule has 3 aromatic rings. The number of hydrogen-bond acceptors (Lipinski definition) is 5. The Balaban J connectivity index is 1.56. The zero-order valence-corrected chi connectivity index (χ0v) is 20.8. The van der Waals surface area contributed by atoms with Gasteiger partial charge < -0.3 is 20.1 Å². The monoisotopic (exact) mass is 516 g/mol. The number of methoxy groups -OCH3 is 1. The minimum atomic E-state index is -1.35. The van der Waals surface area contributed by atoms with Crippen molar-refractivity contribution in [3.63, 3.8) is 0 Å². The molecule has 3 atom stereocenters. The second-order valence-corrected chi connectivity index (χ2v) is 9.28. The van der Waals surface area contributed by atoms with Crippen molar-refractivity contribution >= 4 is 23.3 Å². The van der Waals surface area contributed by atoms with E-state index in [1.807, 2.05) is 30.3 Å². The van der Waals surface area contributed by atoms with Crippen LogP contribution in [0.4, 0.5) is 20.2 Å². The van der Waals surface area contributed by atoms with Gasteiger partial charge in [-0.1, -0.05) is 42.5 Å². The molecule has 2 aliphatic rings. The highest BCUT2D eigenvalue weighted by atomic mass is 19.1. The van der Waals surface area contributed by atoms with E-state index in [4.69, 9.17) is 9.47 Å². The molecule has 1 amide bonds. The Morgan fingerprint density at radius 3 is 2.42 bits per heavy atom. The summed E-state index contributed by atoms with van der Waals surface area (Å²) in [6, 6.07) is 19.2. The molecule has 0 fully saturated rings. The van der Waals surface area contributed by atoms with Crippen molar-refractivity contribution in [3.05, 3.63) is 119 Å². The number of halogens is 2. The van der Waals surface area contributed by atoms with E-state index in [9.17, 15) is 18.4 Å². The SMILES string of the molecule is COC(=O)C1=C(C(=O)Nc2ccc(C)c(F)c2)C2C=CC1(C(Cc1ccccc1)Nc1ccc(F)cc1)O2. The summed E-state index contributed by atoms with van der Waals surface area (Å²) in [7, 11) is 1.24. The van der Waals surface area contributed by atoms with Crippen molar-refractivity contribution in [3.8, 4) is 0 Å². The second-order valence-electron chi connectivity index (χ2n) is 9.28. The Morgan fingerprint density at radius 2 is 1.74 bits per heavy atom. The lowest BCUT2D eigenvalue weighted by molar-refractivity contribution is -0.138. The number of benzene rings is 3. The molecule has 0 saturated heterocycles. The molecule has 2 aliphatic heterocycles. The zero-order valence-electron chi connectivity index (χ0n) is 20.8. The van der Waals surface area contributed by atoms with Gasteiger partial charge in [-0.2, -0.15) is 0 Å². The third kappa shape index (κ3) is 4.70. The molecule has 0 spiro atoms. The molecule has 0 saturated carbocycles. The third-order valence-electron chi connectivity index (χ3n) is 6.83. The number of fused-ring (bicyclic) bond motifs is 2. The van der Waals surface area contributed by atoms with Crippen molar-refractivity contribution in [1.29, 1.82) is 0 Å². The molecule has 38 heavy (non-hydrogen) atoms. The van der Waals surface area contributed by atoms with Crippen molar-refractivity contribution in [2.75, 3.05) is 17.7 Å². The Hall–Kier alpha value is -4.30. The summed E-state index contributed by atoms with van der Waals surface area (Å²) in [5, 5.41) is 6.07. The maximum absolute atomic E-state index is 14.1. The Morgan fingerprint density at radius 1 is 1.03 bits per heavy atom. The van der Waals surface area contributed by atoms with Crippen LogP contribution in [0.5, 0.6) is 0 Å². The summed E-state index contributed by atoms with van der Waals surface area (Å²) >= 11 is 0. The van der Waals surface area contributed by atoms with Crippen molar-refractivity contribution in [2.24, 2.45) is 0 Å². The van der Waals surface area contributed by atoms with Gasteiger partial charge in [0.2, 0.25) is 0 Å². The molecule has 5 rings (SSSR count). The lowest BCUT2D eigenvalue weighted by Gasteiger charge is -2.36. The molecule has 2 bridgehead atoms. The standard InChI is InChI=1S/C30H26F2N2O4/c1-18-8-11-22(17-23(18)32)34-28(35)26-24-14-15-30(38-24,27(26)29(36)37-2)25(16-19-6-4-3-5-7-19)33-21-12-9-20(31)10-13-21/h3-15,17,24-25,33H,16H2,1-2H3,(H,34,35). The maximum Gasteiger partial charge on any atom is 0.337 e. The summed E-state index contributed by atoms with van der Waals surface area (Å²) in [5.74, 6) is -2.15. The Bertz CT molecular complexity index is 1440. The largest absolute Gasteiger partial charge is 0.466 e. The Labute approximate surface area is 219 Å². The Kier molecular flexibility index (Phi) is 6.82. The van der Waals surface area contributed by atoms with E-state index in [1.165, 1.54) is 25.3 Å². The highest BCUT2D eigenvalue weighted by Gasteiger charge is 2.58. The summed E-state index contributed by atoms with van der Waals surface area (Å²) < 4.78 is 39.2. The first kappa shape index (κ1) is 25.4. The van der Waals surface area contributed by atoms with E-state index in [-0.39, 0.29) is 22.7 Å². The van der Waals surface area contributed by atoms with Crippen LogP contribution in [-0.2, 0) is 25.5 Å². The van der Waals surface area contributed by atoms with Crippen LogP contribution in [0.3, 0.4) is 0 Å². The zero-order chi connectivity index (χ0) is 26.9. The van der Waals surface area contributed by atoms with Crippen LogP contribution in [0.25, 0.3) is 0 Å². The van der Waals surface area contributed by atoms with E-state index in [0.717, 1.165) is 5.56 Å². The number of nitrogens with one attached hydrogen (secondary N) is 2. The number of aryl methyl sites for hydroxylation is 1. The highest BCUT2D eigenvalue weighted by molar-refractivity contribution is 6.12. The van der Waals surface area contributed by atoms with E-state index in [0.29, 0.717) is 17.7 Å². The van der Waals surface area contributed by atoms with Gasteiger partial charge in [-0.15, -0.1) is 0 Å². The minimum Gasteiger partial charge on any atom is -0.466 e. The van der Waals surface area contributed by atoms with Gasteiger partial charge in [0.25, 0.3) is 5.91 Å². The number of esters is 1. The van der Waals surface area contributed by atoms with Crippen molar-refractivity contribution < 1.29 is 27.8 Å². The molecule has 2 N–H and O–H groups in total. The van der Waals surface area contributed by atoms with E-state index in [1.54, 1.807) is 43.3 Å². The lowest BCUT2D eigenvalue weighted by Crippen LogP contribution is -2.49. The average Bonchev–Trinajstić information content (AvgIpc) is 3.50. The summed E-state index contributed by atoms with van der Waals surface area (Å²) in [5.41, 5.74) is 1.07. The number of anilines is 2. The van der Waals surface area contributed by atoms with Gasteiger partial charge in [0, 0.05) is 11.4 Å². The first-order valence-electron chi connectivity index (χ1n) is 12.1.